The number of methoxy groups -OCH3 is 1. The number of carbonyl (C=O) groups is 2. The Balaban J connectivity index is 1.62. The zero-order valence-electron chi connectivity index (χ0n) is 17.5. The number of benzene rings is 2. The summed E-state index contributed by atoms with van der Waals surface area (Å²) >= 11 is 0. The minimum Gasteiger partial charge on any atom is -0.497 e. The Morgan fingerprint density at radius 2 is 1.84 bits per heavy atom. The average Bonchev–Trinajstić information content (AvgIpc) is 3.14. The molecule has 2 aromatic rings. The molecule has 2 aliphatic heterocycles. The summed E-state index contributed by atoms with van der Waals surface area (Å²) in [4.78, 5) is 27.4. The molecule has 0 unspecified atom stereocenters. The maximum atomic E-state index is 13.1. The fourth-order valence-corrected chi connectivity index (χ4v) is 3.67. The molecular weight excluding hydrogens is 400 g/mol. The molecule has 0 bridgehead atoms. The molecule has 2 amide bonds. The van der Waals surface area contributed by atoms with Crippen LogP contribution in [0.5, 0.6) is 5.75 Å². The van der Waals surface area contributed by atoms with Gasteiger partial charge in [-0.25, -0.2) is 0 Å². The normalized spacial score (nSPS) is 23.9. The van der Waals surface area contributed by atoms with Crippen molar-refractivity contribution >= 4 is 17.5 Å². The van der Waals surface area contributed by atoms with Gasteiger partial charge in [0.15, 0.2) is 5.76 Å². The van der Waals surface area contributed by atoms with Crippen LogP contribution in [0.3, 0.4) is 0 Å². The molecule has 2 aromatic carbocycles. The van der Waals surface area contributed by atoms with Crippen molar-refractivity contribution in [3.63, 3.8) is 0 Å². The van der Waals surface area contributed by atoms with Crippen molar-refractivity contribution < 1.29 is 28.9 Å². The van der Waals surface area contributed by atoms with Gasteiger partial charge in [0, 0.05) is 26.1 Å². The Bertz CT molecular complexity index is 1020. The lowest BCUT2D eigenvalue weighted by atomic mass is 9.79. The van der Waals surface area contributed by atoms with Crippen LogP contribution in [0.2, 0.25) is 0 Å². The third kappa shape index (κ3) is 3.59. The minimum absolute atomic E-state index is 0.173. The second-order valence-corrected chi connectivity index (χ2v) is 7.85. The van der Waals surface area contributed by atoms with Gasteiger partial charge < -0.3 is 24.6 Å². The largest absolute Gasteiger partial charge is 0.497 e. The molecule has 8 nitrogen and oxygen atoms in total. The standard InChI is InChI=1S/C23H24N2O6/c1-22(2)30-14-18(31-22)19-23(28,20(26)24-13-15-7-5-4-6-8-15)21(27)25(19)16-9-11-17(29-3)12-10-16/h4-12,14,19,28H,13H2,1-3H3,(H,24,26)/t19-,23-/m0/s1. The summed E-state index contributed by atoms with van der Waals surface area (Å²) in [6.07, 6.45) is 1.34. The molecule has 4 rings (SSSR count). The topological polar surface area (TPSA) is 97.3 Å². The van der Waals surface area contributed by atoms with Crippen LogP contribution in [0.25, 0.3) is 0 Å². The molecule has 0 radical (unpaired) electrons. The Labute approximate surface area is 180 Å². The van der Waals surface area contributed by atoms with E-state index in [1.54, 1.807) is 45.2 Å². The SMILES string of the molecule is COc1ccc(N2C(=O)[C@@](O)(C(=O)NCc3ccccc3)[C@@H]2C2=COC(C)(C)O2)cc1. The second-order valence-electron chi connectivity index (χ2n) is 7.85. The number of nitrogens with zero attached hydrogens (tertiary/aromatic N) is 1. The zero-order valence-corrected chi connectivity index (χ0v) is 17.5. The monoisotopic (exact) mass is 424 g/mol. The molecule has 31 heavy (non-hydrogen) atoms. The Hall–Kier alpha value is -3.52. The zero-order chi connectivity index (χ0) is 22.2. The van der Waals surface area contributed by atoms with E-state index in [-0.39, 0.29) is 12.3 Å². The van der Waals surface area contributed by atoms with Gasteiger partial charge in [0.25, 0.3) is 17.4 Å². The number of anilines is 1. The van der Waals surface area contributed by atoms with Gasteiger partial charge in [-0.15, -0.1) is 0 Å². The quantitative estimate of drug-likeness (QED) is 0.544. The fraction of sp³-hybridized carbons (Fsp3) is 0.304. The van der Waals surface area contributed by atoms with E-state index in [1.165, 1.54) is 11.2 Å². The van der Waals surface area contributed by atoms with Crippen LogP contribution in [-0.2, 0) is 25.6 Å². The molecule has 0 aromatic heterocycles. The number of aliphatic hydroxyl groups is 1. The van der Waals surface area contributed by atoms with Crippen LogP contribution < -0.4 is 15.0 Å². The van der Waals surface area contributed by atoms with Crippen LogP contribution in [0.1, 0.15) is 19.4 Å². The third-order valence-electron chi connectivity index (χ3n) is 5.28. The molecule has 162 valence electrons. The molecule has 2 aliphatic rings. The fourth-order valence-electron chi connectivity index (χ4n) is 3.67. The number of hydrogen-bond donors (Lipinski definition) is 2. The number of hydrogen-bond acceptors (Lipinski definition) is 6. The summed E-state index contributed by atoms with van der Waals surface area (Å²) in [6.45, 7) is 3.57. The molecule has 1 saturated heterocycles. The third-order valence-corrected chi connectivity index (χ3v) is 5.28. The Morgan fingerprint density at radius 3 is 2.42 bits per heavy atom. The van der Waals surface area contributed by atoms with Crippen molar-refractivity contribution in [3.8, 4) is 5.75 Å². The highest BCUT2D eigenvalue weighted by Crippen LogP contribution is 2.43. The predicted molar refractivity (Wildman–Crippen MR) is 112 cm³/mol. The average molecular weight is 424 g/mol. The van der Waals surface area contributed by atoms with E-state index >= 15 is 0 Å². The predicted octanol–water partition coefficient (Wildman–Crippen LogP) is 2.08. The first kappa shape index (κ1) is 20.7. The van der Waals surface area contributed by atoms with Gasteiger partial charge in [0.2, 0.25) is 5.79 Å². The highest BCUT2D eigenvalue weighted by molar-refractivity contribution is 6.22. The first-order valence-electron chi connectivity index (χ1n) is 9.85. The van der Waals surface area contributed by atoms with E-state index in [4.69, 9.17) is 14.2 Å². The van der Waals surface area contributed by atoms with Crippen molar-refractivity contribution in [2.45, 2.75) is 37.8 Å². The highest BCUT2D eigenvalue weighted by Gasteiger charge is 2.68. The molecule has 0 aliphatic carbocycles. The van der Waals surface area contributed by atoms with Crippen LogP contribution >= 0.6 is 0 Å². The molecule has 2 atom stereocenters. The lowest BCUT2D eigenvalue weighted by Gasteiger charge is -2.51. The molecule has 2 heterocycles. The summed E-state index contributed by atoms with van der Waals surface area (Å²) in [5.74, 6) is -1.71. The van der Waals surface area contributed by atoms with E-state index < -0.39 is 29.2 Å². The molecule has 8 heteroatoms. The van der Waals surface area contributed by atoms with Gasteiger partial charge in [0.05, 0.1) is 7.11 Å². The van der Waals surface area contributed by atoms with E-state index in [9.17, 15) is 14.7 Å². The van der Waals surface area contributed by atoms with Crippen molar-refractivity contribution in [1.82, 2.24) is 5.32 Å². The lowest BCUT2D eigenvalue weighted by Crippen LogP contribution is -2.80. The molecule has 0 spiro atoms. The Morgan fingerprint density at radius 1 is 1.16 bits per heavy atom. The van der Waals surface area contributed by atoms with Crippen LogP contribution in [-0.4, -0.2) is 41.5 Å². The smallest absolute Gasteiger partial charge is 0.272 e. The maximum Gasteiger partial charge on any atom is 0.272 e. The van der Waals surface area contributed by atoms with Crippen LogP contribution in [0.4, 0.5) is 5.69 Å². The van der Waals surface area contributed by atoms with Crippen LogP contribution in [0, 0.1) is 0 Å². The molecule has 2 N–H and O–H groups in total. The number of β-lactam (4-membered cyclic amide) rings is 1. The molecule has 0 saturated carbocycles. The van der Waals surface area contributed by atoms with E-state index in [0.29, 0.717) is 11.4 Å². The summed E-state index contributed by atoms with van der Waals surface area (Å²) in [6, 6.07) is 14.9. The van der Waals surface area contributed by atoms with E-state index in [2.05, 4.69) is 5.32 Å². The summed E-state index contributed by atoms with van der Waals surface area (Å²) < 4.78 is 16.4. The summed E-state index contributed by atoms with van der Waals surface area (Å²) in [5, 5.41) is 13.9. The van der Waals surface area contributed by atoms with Gasteiger partial charge >= 0.3 is 0 Å². The van der Waals surface area contributed by atoms with Gasteiger partial charge in [-0.1, -0.05) is 30.3 Å². The number of nitrogens with one attached hydrogen (secondary N) is 1. The molecular formula is C23H24N2O6. The lowest BCUT2D eigenvalue weighted by molar-refractivity contribution is -0.169. The van der Waals surface area contributed by atoms with Gasteiger partial charge in [0.1, 0.15) is 18.1 Å². The van der Waals surface area contributed by atoms with Gasteiger partial charge in [-0.05, 0) is 29.8 Å². The first-order chi connectivity index (χ1) is 14.8. The second kappa shape index (κ2) is 7.63. The first-order valence-corrected chi connectivity index (χ1v) is 9.85. The Kier molecular flexibility index (Phi) is 5.10. The maximum absolute atomic E-state index is 13.1. The number of ether oxygens (including phenoxy) is 3. The number of rotatable bonds is 6. The van der Waals surface area contributed by atoms with Crippen molar-refractivity contribution in [1.29, 1.82) is 0 Å². The summed E-state index contributed by atoms with van der Waals surface area (Å²) in [7, 11) is 1.54. The van der Waals surface area contributed by atoms with Gasteiger partial charge in [-0.2, -0.15) is 0 Å². The van der Waals surface area contributed by atoms with Crippen molar-refractivity contribution in [3.05, 3.63) is 72.2 Å². The van der Waals surface area contributed by atoms with Crippen LogP contribution in [0.15, 0.2) is 66.6 Å². The van der Waals surface area contributed by atoms with E-state index in [1.807, 2.05) is 30.3 Å². The van der Waals surface area contributed by atoms with Crippen molar-refractivity contribution in [2.75, 3.05) is 12.0 Å². The summed E-state index contributed by atoms with van der Waals surface area (Å²) in [5.41, 5.74) is -0.995. The number of amides is 2. The molecule has 1 fully saturated rings. The van der Waals surface area contributed by atoms with E-state index in [0.717, 1.165) is 5.56 Å². The number of carbonyl (C=O) groups excluding carboxylic acids is 2. The van der Waals surface area contributed by atoms with Crippen molar-refractivity contribution in [2.24, 2.45) is 0 Å². The van der Waals surface area contributed by atoms with Gasteiger partial charge in [-0.3, -0.25) is 14.5 Å². The minimum atomic E-state index is -2.33. The highest BCUT2D eigenvalue weighted by atomic mass is 16.7.